The lowest BCUT2D eigenvalue weighted by atomic mass is 10.0. The van der Waals surface area contributed by atoms with Crippen LogP contribution in [-0.2, 0) is 6.42 Å². The van der Waals surface area contributed by atoms with Gasteiger partial charge in [0.15, 0.2) is 0 Å². The first kappa shape index (κ1) is 9.20. The summed E-state index contributed by atoms with van der Waals surface area (Å²) < 4.78 is 0. The van der Waals surface area contributed by atoms with Gasteiger partial charge in [-0.25, -0.2) is 0 Å². The normalized spacial score (nSPS) is 10.8. The quantitative estimate of drug-likeness (QED) is 0.663. The molecule has 0 N–H and O–H groups in total. The zero-order valence-electron chi connectivity index (χ0n) is 8.96. The third kappa shape index (κ3) is 1.39. The second-order valence-corrected chi connectivity index (χ2v) is 3.78. The Morgan fingerprint density at radius 2 is 1.93 bits per heavy atom. The third-order valence-corrected chi connectivity index (χ3v) is 2.80. The van der Waals surface area contributed by atoms with Crippen LogP contribution in [0, 0.1) is 13.8 Å². The Balaban J connectivity index is 2.79. The average Bonchev–Trinajstić information content (AvgIpc) is 2.19. The first-order valence-electron chi connectivity index (χ1n) is 5.07. The molecule has 0 bridgehead atoms. The maximum atomic E-state index is 4.39. The van der Waals surface area contributed by atoms with E-state index in [9.17, 15) is 0 Å². The first-order valence-corrected chi connectivity index (χ1v) is 5.07. The standard InChI is InChI=1S/C13H15N/c1-4-11-8-13-12(7-10(11)3)9(2)5-6-14-13/h5-8H,4H2,1-3H3. The molecule has 1 heteroatoms. The van der Waals surface area contributed by atoms with E-state index in [1.165, 1.54) is 22.1 Å². The Bertz CT molecular complexity index is 472. The fraction of sp³-hybridized carbons (Fsp3) is 0.308. The number of pyridine rings is 1. The molecule has 0 unspecified atom stereocenters. The van der Waals surface area contributed by atoms with Gasteiger partial charge in [-0.05, 0) is 55.2 Å². The van der Waals surface area contributed by atoms with Crippen LogP contribution >= 0.6 is 0 Å². The number of aromatic nitrogens is 1. The van der Waals surface area contributed by atoms with Gasteiger partial charge in [0.2, 0.25) is 0 Å². The van der Waals surface area contributed by atoms with E-state index in [2.05, 4.69) is 44.0 Å². The highest BCUT2D eigenvalue weighted by Crippen LogP contribution is 2.21. The van der Waals surface area contributed by atoms with Crippen LogP contribution in [0.3, 0.4) is 0 Å². The second kappa shape index (κ2) is 3.41. The molecule has 2 aromatic rings. The van der Waals surface area contributed by atoms with E-state index >= 15 is 0 Å². The minimum Gasteiger partial charge on any atom is -0.256 e. The van der Waals surface area contributed by atoms with E-state index in [1.807, 2.05) is 6.20 Å². The van der Waals surface area contributed by atoms with Crippen LogP contribution in [-0.4, -0.2) is 4.98 Å². The van der Waals surface area contributed by atoms with Crippen LogP contribution < -0.4 is 0 Å². The summed E-state index contributed by atoms with van der Waals surface area (Å²) >= 11 is 0. The molecule has 0 spiro atoms. The van der Waals surface area contributed by atoms with Crippen LogP contribution in [0.1, 0.15) is 23.6 Å². The molecule has 0 radical (unpaired) electrons. The fourth-order valence-electron chi connectivity index (χ4n) is 1.86. The number of benzene rings is 1. The topological polar surface area (TPSA) is 12.9 Å². The predicted molar refractivity (Wildman–Crippen MR) is 60.6 cm³/mol. The first-order chi connectivity index (χ1) is 6.72. The van der Waals surface area contributed by atoms with Gasteiger partial charge >= 0.3 is 0 Å². The Morgan fingerprint density at radius 3 is 2.64 bits per heavy atom. The number of fused-ring (bicyclic) bond motifs is 1. The largest absolute Gasteiger partial charge is 0.256 e. The van der Waals surface area contributed by atoms with Crippen molar-refractivity contribution in [3.05, 3.63) is 41.1 Å². The summed E-state index contributed by atoms with van der Waals surface area (Å²) in [6.45, 7) is 6.49. The maximum Gasteiger partial charge on any atom is 0.0707 e. The summed E-state index contributed by atoms with van der Waals surface area (Å²) in [7, 11) is 0. The number of rotatable bonds is 1. The SMILES string of the molecule is CCc1cc2nccc(C)c2cc1C. The molecular weight excluding hydrogens is 170 g/mol. The van der Waals surface area contributed by atoms with Gasteiger partial charge in [0, 0.05) is 11.6 Å². The van der Waals surface area contributed by atoms with Gasteiger partial charge in [0.25, 0.3) is 0 Å². The Kier molecular flexibility index (Phi) is 2.24. The lowest BCUT2D eigenvalue weighted by Crippen LogP contribution is -1.90. The molecule has 0 aliphatic rings. The zero-order chi connectivity index (χ0) is 10.1. The van der Waals surface area contributed by atoms with Gasteiger partial charge in [-0.3, -0.25) is 4.98 Å². The zero-order valence-corrected chi connectivity index (χ0v) is 8.96. The van der Waals surface area contributed by atoms with Gasteiger partial charge in [-0.1, -0.05) is 6.92 Å². The molecule has 2 rings (SSSR count). The summed E-state index contributed by atoms with van der Waals surface area (Å²) in [4.78, 5) is 4.39. The highest BCUT2D eigenvalue weighted by atomic mass is 14.6. The van der Waals surface area contributed by atoms with Gasteiger partial charge < -0.3 is 0 Å². The number of nitrogens with zero attached hydrogens (tertiary/aromatic N) is 1. The molecule has 1 nitrogen and oxygen atoms in total. The van der Waals surface area contributed by atoms with E-state index in [0.717, 1.165) is 11.9 Å². The van der Waals surface area contributed by atoms with Gasteiger partial charge in [-0.15, -0.1) is 0 Å². The lowest BCUT2D eigenvalue weighted by molar-refractivity contribution is 1.11. The average molecular weight is 185 g/mol. The molecule has 0 amide bonds. The maximum absolute atomic E-state index is 4.39. The summed E-state index contributed by atoms with van der Waals surface area (Å²) in [6, 6.07) is 6.52. The Morgan fingerprint density at radius 1 is 1.14 bits per heavy atom. The minimum absolute atomic E-state index is 1.08. The van der Waals surface area contributed by atoms with Crippen molar-refractivity contribution in [3.8, 4) is 0 Å². The molecule has 0 saturated heterocycles. The molecule has 14 heavy (non-hydrogen) atoms. The lowest BCUT2D eigenvalue weighted by Gasteiger charge is -2.07. The van der Waals surface area contributed by atoms with Gasteiger partial charge in [-0.2, -0.15) is 0 Å². The van der Waals surface area contributed by atoms with Crippen LogP contribution in [0.5, 0.6) is 0 Å². The highest BCUT2D eigenvalue weighted by molar-refractivity contribution is 5.83. The number of hydrogen-bond acceptors (Lipinski definition) is 1. The van der Waals surface area contributed by atoms with E-state index in [1.54, 1.807) is 0 Å². The van der Waals surface area contributed by atoms with Gasteiger partial charge in [0.1, 0.15) is 0 Å². The molecule has 0 fully saturated rings. The van der Waals surface area contributed by atoms with Gasteiger partial charge in [0.05, 0.1) is 5.52 Å². The van der Waals surface area contributed by atoms with Crippen molar-refractivity contribution < 1.29 is 0 Å². The summed E-state index contributed by atoms with van der Waals surface area (Å²) in [6.07, 6.45) is 2.96. The Labute approximate surface area is 84.8 Å². The summed E-state index contributed by atoms with van der Waals surface area (Å²) in [5.41, 5.74) is 5.19. The fourth-order valence-corrected chi connectivity index (χ4v) is 1.86. The number of hydrogen-bond donors (Lipinski definition) is 0. The van der Waals surface area contributed by atoms with E-state index in [0.29, 0.717) is 0 Å². The molecule has 0 aliphatic carbocycles. The van der Waals surface area contributed by atoms with E-state index in [4.69, 9.17) is 0 Å². The highest BCUT2D eigenvalue weighted by Gasteiger charge is 2.02. The van der Waals surface area contributed by atoms with Crippen LogP contribution in [0.4, 0.5) is 0 Å². The molecular formula is C13H15N. The second-order valence-electron chi connectivity index (χ2n) is 3.78. The molecule has 0 atom stereocenters. The van der Waals surface area contributed by atoms with Crippen molar-refractivity contribution in [3.63, 3.8) is 0 Å². The molecule has 1 aromatic heterocycles. The van der Waals surface area contributed by atoms with E-state index < -0.39 is 0 Å². The van der Waals surface area contributed by atoms with Crippen molar-refractivity contribution in [1.82, 2.24) is 4.98 Å². The minimum atomic E-state index is 1.08. The molecule has 0 saturated carbocycles. The van der Waals surface area contributed by atoms with Crippen LogP contribution in [0.2, 0.25) is 0 Å². The van der Waals surface area contributed by atoms with Crippen LogP contribution in [0.15, 0.2) is 24.4 Å². The number of aryl methyl sites for hydroxylation is 3. The monoisotopic (exact) mass is 185 g/mol. The van der Waals surface area contributed by atoms with E-state index in [-0.39, 0.29) is 0 Å². The smallest absolute Gasteiger partial charge is 0.0707 e. The molecule has 1 aromatic carbocycles. The third-order valence-electron chi connectivity index (χ3n) is 2.80. The van der Waals surface area contributed by atoms with Crippen molar-refractivity contribution in [2.45, 2.75) is 27.2 Å². The predicted octanol–water partition coefficient (Wildman–Crippen LogP) is 3.41. The summed E-state index contributed by atoms with van der Waals surface area (Å²) in [5, 5.41) is 1.28. The van der Waals surface area contributed by atoms with Crippen molar-refractivity contribution >= 4 is 10.9 Å². The summed E-state index contributed by atoms with van der Waals surface area (Å²) in [5.74, 6) is 0. The van der Waals surface area contributed by atoms with Crippen molar-refractivity contribution in [2.75, 3.05) is 0 Å². The van der Waals surface area contributed by atoms with Crippen molar-refractivity contribution in [2.24, 2.45) is 0 Å². The Hall–Kier alpha value is -1.37. The molecule has 72 valence electrons. The molecule has 0 aliphatic heterocycles. The van der Waals surface area contributed by atoms with Crippen LogP contribution in [0.25, 0.3) is 10.9 Å². The molecule has 1 heterocycles. The van der Waals surface area contributed by atoms with Crippen molar-refractivity contribution in [1.29, 1.82) is 0 Å².